The highest BCUT2D eigenvalue weighted by atomic mass is 35.5. The summed E-state index contributed by atoms with van der Waals surface area (Å²) in [5, 5.41) is 17.0. The number of ether oxygens (including phenoxy) is 1. The van der Waals surface area contributed by atoms with Crippen LogP contribution in [0.25, 0.3) is 5.69 Å². The van der Waals surface area contributed by atoms with Crippen molar-refractivity contribution in [3.8, 4) is 11.4 Å². The highest BCUT2D eigenvalue weighted by Crippen LogP contribution is 2.18. The van der Waals surface area contributed by atoms with Gasteiger partial charge in [0.05, 0.1) is 5.69 Å². The summed E-state index contributed by atoms with van der Waals surface area (Å²) in [4.78, 5) is 0. The zero-order chi connectivity index (χ0) is 21.3. The molecule has 0 radical (unpaired) electrons. The first-order valence-electron chi connectivity index (χ1n) is 9.91. The fraction of sp³-hybridized carbons (Fsp3) is 0.174. The van der Waals surface area contributed by atoms with Gasteiger partial charge in [0.1, 0.15) is 12.4 Å². The first kappa shape index (κ1) is 24.1. The topological polar surface area (TPSA) is 64.9 Å². The molecule has 0 saturated heterocycles. The van der Waals surface area contributed by atoms with Gasteiger partial charge in [-0.3, -0.25) is 0 Å². The number of para-hydroxylation sites is 1. The van der Waals surface area contributed by atoms with Gasteiger partial charge >= 0.3 is 0 Å². The van der Waals surface area contributed by atoms with Gasteiger partial charge in [0.15, 0.2) is 0 Å². The zero-order valence-corrected chi connectivity index (χ0v) is 19.6. The predicted molar refractivity (Wildman–Crippen MR) is 131 cm³/mol. The van der Waals surface area contributed by atoms with Crippen LogP contribution in [0.1, 0.15) is 11.1 Å². The number of aromatic nitrogens is 4. The van der Waals surface area contributed by atoms with E-state index < -0.39 is 0 Å². The average molecular weight is 488 g/mol. The van der Waals surface area contributed by atoms with E-state index in [0.29, 0.717) is 6.61 Å². The molecule has 1 aromatic heterocycles. The van der Waals surface area contributed by atoms with Gasteiger partial charge in [-0.1, -0.05) is 65.8 Å². The predicted octanol–water partition coefficient (Wildman–Crippen LogP) is 5.20. The fourth-order valence-corrected chi connectivity index (χ4v) is 3.81. The normalized spacial score (nSPS) is 10.5. The molecule has 9 heteroatoms. The van der Waals surface area contributed by atoms with Crippen molar-refractivity contribution in [2.45, 2.75) is 18.3 Å². The van der Waals surface area contributed by atoms with Crippen molar-refractivity contribution >= 4 is 35.8 Å². The Morgan fingerprint density at radius 3 is 2.38 bits per heavy atom. The lowest BCUT2D eigenvalue weighted by atomic mass is 10.2. The van der Waals surface area contributed by atoms with E-state index >= 15 is 0 Å². The molecule has 0 unspecified atom stereocenters. The summed E-state index contributed by atoms with van der Waals surface area (Å²) in [5.41, 5.74) is 3.25. The highest BCUT2D eigenvalue weighted by molar-refractivity contribution is 7.99. The molecular weight excluding hydrogens is 465 g/mol. The van der Waals surface area contributed by atoms with Crippen LogP contribution >= 0.6 is 35.8 Å². The molecule has 1 N–H and O–H groups in total. The van der Waals surface area contributed by atoms with E-state index in [-0.39, 0.29) is 12.4 Å². The van der Waals surface area contributed by atoms with Crippen LogP contribution in [0.3, 0.4) is 0 Å². The maximum absolute atomic E-state index is 5.91. The maximum Gasteiger partial charge on any atom is 0.214 e. The van der Waals surface area contributed by atoms with Crippen molar-refractivity contribution in [3.05, 3.63) is 95.0 Å². The Kier molecular flexibility index (Phi) is 9.37. The Bertz CT molecular complexity index is 1080. The minimum Gasteiger partial charge on any atom is -0.489 e. The number of nitrogens with one attached hydrogen (secondary N) is 1. The lowest BCUT2D eigenvalue weighted by Gasteiger charge is -2.08. The van der Waals surface area contributed by atoms with Gasteiger partial charge in [0.2, 0.25) is 5.16 Å². The summed E-state index contributed by atoms with van der Waals surface area (Å²) in [5.74, 6) is 1.72. The molecule has 32 heavy (non-hydrogen) atoms. The van der Waals surface area contributed by atoms with Crippen LogP contribution in [-0.2, 0) is 13.2 Å². The smallest absolute Gasteiger partial charge is 0.214 e. The molecule has 0 saturated carbocycles. The number of thioether (sulfide) groups is 1. The molecule has 0 aliphatic rings. The van der Waals surface area contributed by atoms with Gasteiger partial charge in [-0.05, 0) is 58.0 Å². The Labute approximate surface area is 202 Å². The number of rotatable bonds is 10. The minimum absolute atomic E-state index is 0. The monoisotopic (exact) mass is 487 g/mol. The van der Waals surface area contributed by atoms with Crippen molar-refractivity contribution in [1.82, 2.24) is 25.5 Å². The molecule has 4 aromatic rings. The molecule has 166 valence electrons. The Morgan fingerprint density at radius 2 is 1.62 bits per heavy atom. The van der Waals surface area contributed by atoms with Crippen molar-refractivity contribution in [1.29, 1.82) is 0 Å². The van der Waals surface area contributed by atoms with E-state index in [1.807, 2.05) is 66.7 Å². The van der Waals surface area contributed by atoms with Crippen LogP contribution in [0.15, 0.2) is 84.0 Å². The molecule has 0 amide bonds. The number of halogens is 2. The summed E-state index contributed by atoms with van der Waals surface area (Å²) in [6.07, 6.45) is 0. The second-order valence-electron chi connectivity index (χ2n) is 6.79. The van der Waals surface area contributed by atoms with Crippen molar-refractivity contribution < 1.29 is 4.74 Å². The molecule has 1 heterocycles. The minimum atomic E-state index is 0. The Hall–Kier alpha value is -2.58. The van der Waals surface area contributed by atoms with Gasteiger partial charge in [0.25, 0.3) is 0 Å². The van der Waals surface area contributed by atoms with Crippen molar-refractivity contribution in [3.63, 3.8) is 0 Å². The van der Waals surface area contributed by atoms with Crippen molar-refractivity contribution in [2.75, 3.05) is 12.3 Å². The first-order chi connectivity index (χ1) is 15.3. The van der Waals surface area contributed by atoms with Crippen LogP contribution < -0.4 is 10.1 Å². The van der Waals surface area contributed by atoms with Gasteiger partial charge in [-0.25, -0.2) is 0 Å². The van der Waals surface area contributed by atoms with Crippen LogP contribution in [0.5, 0.6) is 5.75 Å². The SMILES string of the molecule is Cl.Clc1ccc(COc2ccc(CNCCSc3nnnn3-c3ccccc3)cc2)cc1. The van der Waals surface area contributed by atoms with Crippen LogP contribution in [0.2, 0.25) is 5.02 Å². The highest BCUT2D eigenvalue weighted by Gasteiger charge is 2.08. The summed E-state index contributed by atoms with van der Waals surface area (Å²) >= 11 is 7.54. The molecule has 0 spiro atoms. The van der Waals surface area contributed by atoms with E-state index in [2.05, 4.69) is 33.0 Å². The van der Waals surface area contributed by atoms with E-state index in [4.69, 9.17) is 16.3 Å². The van der Waals surface area contributed by atoms with Gasteiger partial charge in [0, 0.05) is 23.9 Å². The summed E-state index contributed by atoms with van der Waals surface area (Å²) in [6, 6.07) is 25.7. The lowest BCUT2D eigenvalue weighted by molar-refractivity contribution is 0.306. The van der Waals surface area contributed by atoms with Crippen molar-refractivity contribution in [2.24, 2.45) is 0 Å². The molecular formula is C23H23Cl2N5OS. The van der Waals surface area contributed by atoms with E-state index in [1.54, 1.807) is 16.4 Å². The van der Waals surface area contributed by atoms with Crippen LogP contribution in [0, 0.1) is 0 Å². The maximum atomic E-state index is 5.91. The number of nitrogens with zero attached hydrogens (tertiary/aromatic N) is 4. The third kappa shape index (κ3) is 6.97. The summed E-state index contributed by atoms with van der Waals surface area (Å²) < 4.78 is 7.59. The summed E-state index contributed by atoms with van der Waals surface area (Å²) in [7, 11) is 0. The number of hydrogen-bond acceptors (Lipinski definition) is 6. The molecule has 3 aromatic carbocycles. The molecule has 0 aliphatic carbocycles. The van der Waals surface area contributed by atoms with E-state index in [0.717, 1.165) is 46.0 Å². The van der Waals surface area contributed by atoms with Gasteiger partial charge in [-0.15, -0.1) is 17.5 Å². The molecule has 6 nitrogen and oxygen atoms in total. The Morgan fingerprint density at radius 1 is 0.906 bits per heavy atom. The number of hydrogen-bond donors (Lipinski definition) is 1. The first-order valence-corrected chi connectivity index (χ1v) is 11.3. The molecule has 0 fully saturated rings. The molecule has 0 atom stereocenters. The number of tetrazole rings is 1. The van der Waals surface area contributed by atoms with Gasteiger partial charge in [-0.2, -0.15) is 4.68 Å². The quantitative estimate of drug-likeness (QED) is 0.245. The third-order valence-electron chi connectivity index (χ3n) is 4.52. The summed E-state index contributed by atoms with van der Waals surface area (Å²) in [6.45, 7) is 2.16. The van der Waals surface area contributed by atoms with Crippen LogP contribution in [0.4, 0.5) is 0 Å². The molecule has 0 aliphatic heterocycles. The standard InChI is InChI=1S/C23H22ClN5OS.ClH/c24-20-10-6-19(7-11-20)17-30-22-12-8-18(9-13-22)16-25-14-15-31-23-26-27-28-29(23)21-4-2-1-3-5-21;/h1-13,25H,14-17H2;1H. The van der Waals surface area contributed by atoms with E-state index in [9.17, 15) is 0 Å². The third-order valence-corrected chi connectivity index (χ3v) is 5.70. The molecule has 0 bridgehead atoms. The van der Waals surface area contributed by atoms with Crippen LogP contribution in [-0.4, -0.2) is 32.5 Å². The second-order valence-corrected chi connectivity index (χ2v) is 8.29. The average Bonchev–Trinajstić information content (AvgIpc) is 3.28. The van der Waals surface area contributed by atoms with E-state index in [1.165, 1.54) is 5.56 Å². The molecule has 4 rings (SSSR count). The fourth-order valence-electron chi connectivity index (χ4n) is 2.90. The Balaban J connectivity index is 0.00000289. The van der Waals surface area contributed by atoms with Gasteiger partial charge < -0.3 is 10.1 Å². The zero-order valence-electron chi connectivity index (χ0n) is 17.2. The largest absolute Gasteiger partial charge is 0.489 e. The number of benzene rings is 3. The second kappa shape index (κ2) is 12.5. The lowest BCUT2D eigenvalue weighted by Crippen LogP contribution is -2.16.